The molecule has 116 valence electrons. The summed E-state index contributed by atoms with van der Waals surface area (Å²) in [5.41, 5.74) is 1.37. The molecular weight excluding hydrogens is 304 g/mol. The van der Waals surface area contributed by atoms with Crippen molar-refractivity contribution in [3.05, 3.63) is 47.5 Å². The molecule has 0 heterocycles. The number of benzene rings is 2. The van der Waals surface area contributed by atoms with Gasteiger partial charge in [-0.1, -0.05) is 11.6 Å². The molecule has 22 heavy (non-hydrogen) atoms. The van der Waals surface area contributed by atoms with Gasteiger partial charge in [-0.3, -0.25) is 4.79 Å². The van der Waals surface area contributed by atoms with E-state index >= 15 is 0 Å². The molecule has 0 aliphatic heterocycles. The summed E-state index contributed by atoms with van der Waals surface area (Å²) in [4.78, 5) is 12.0. The van der Waals surface area contributed by atoms with Crippen LogP contribution in [0.3, 0.4) is 0 Å². The van der Waals surface area contributed by atoms with Crippen molar-refractivity contribution in [3.63, 3.8) is 0 Å². The van der Waals surface area contributed by atoms with Crippen LogP contribution >= 0.6 is 11.6 Å². The molecule has 2 rings (SSSR count). The molecule has 2 aromatic carbocycles. The van der Waals surface area contributed by atoms with E-state index in [0.29, 0.717) is 16.5 Å². The number of carbonyl (C=O) groups excluding carboxylic acids is 1. The van der Waals surface area contributed by atoms with E-state index in [-0.39, 0.29) is 12.5 Å². The maximum absolute atomic E-state index is 12.0. The number of ether oxygens (including phenoxy) is 2. The van der Waals surface area contributed by atoms with Crippen molar-refractivity contribution in [2.24, 2.45) is 0 Å². The molecule has 6 heteroatoms. The van der Waals surface area contributed by atoms with E-state index in [0.717, 1.165) is 11.4 Å². The number of anilines is 2. The molecule has 1 amide bonds. The molecule has 0 atom stereocenters. The van der Waals surface area contributed by atoms with Crippen LogP contribution in [0.2, 0.25) is 5.02 Å². The second-order valence-electron chi connectivity index (χ2n) is 4.47. The zero-order valence-corrected chi connectivity index (χ0v) is 13.1. The fraction of sp³-hybridized carbons (Fsp3) is 0.188. The van der Waals surface area contributed by atoms with Gasteiger partial charge in [0.25, 0.3) is 0 Å². The number of hydrogen-bond donors (Lipinski definition) is 2. The van der Waals surface area contributed by atoms with Crippen LogP contribution in [0.25, 0.3) is 0 Å². The van der Waals surface area contributed by atoms with E-state index in [9.17, 15) is 4.79 Å². The minimum atomic E-state index is -0.198. The molecule has 0 unspecified atom stereocenters. The first-order chi connectivity index (χ1) is 10.6. The summed E-state index contributed by atoms with van der Waals surface area (Å²) in [5.74, 6) is 1.12. The van der Waals surface area contributed by atoms with Gasteiger partial charge in [-0.2, -0.15) is 0 Å². The van der Waals surface area contributed by atoms with Gasteiger partial charge in [-0.25, -0.2) is 0 Å². The van der Waals surface area contributed by atoms with Crippen molar-refractivity contribution in [1.29, 1.82) is 0 Å². The van der Waals surface area contributed by atoms with Crippen molar-refractivity contribution in [2.75, 3.05) is 31.4 Å². The first kappa shape index (κ1) is 16.0. The normalized spacial score (nSPS) is 9.95. The highest BCUT2D eigenvalue weighted by atomic mass is 35.5. The third kappa shape index (κ3) is 4.30. The van der Waals surface area contributed by atoms with Gasteiger partial charge >= 0.3 is 0 Å². The van der Waals surface area contributed by atoms with Gasteiger partial charge < -0.3 is 20.1 Å². The number of amides is 1. The van der Waals surface area contributed by atoms with Gasteiger partial charge in [0.15, 0.2) is 0 Å². The smallest absolute Gasteiger partial charge is 0.243 e. The molecule has 0 spiro atoms. The van der Waals surface area contributed by atoms with Gasteiger partial charge in [0.05, 0.1) is 26.5 Å². The number of nitrogens with one attached hydrogen (secondary N) is 2. The van der Waals surface area contributed by atoms with E-state index in [2.05, 4.69) is 10.6 Å². The van der Waals surface area contributed by atoms with Gasteiger partial charge in [-0.15, -0.1) is 0 Å². The van der Waals surface area contributed by atoms with Crippen molar-refractivity contribution < 1.29 is 14.3 Å². The molecule has 0 aliphatic carbocycles. The Morgan fingerprint density at radius 3 is 2.45 bits per heavy atom. The lowest BCUT2D eigenvalue weighted by atomic mass is 10.3. The van der Waals surface area contributed by atoms with E-state index in [1.165, 1.54) is 7.11 Å². The standard InChI is InChI=1S/C16H17ClN2O3/c1-21-13-6-4-12(5-7-13)18-10-16(20)19-14-9-11(17)3-8-15(14)22-2/h3-9,18H,10H2,1-2H3,(H,19,20). The van der Waals surface area contributed by atoms with Crippen molar-refractivity contribution >= 4 is 28.9 Å². The van der Waals surface area contributed by atoms with E-state index in [1.54, 1.807) is 25.3 Å². The topological polar surface area (TPSA) is 59.6 Å². The zero-order valence-electron chi connectivity index (χ0n) is 12.4. The van der Waals surface area contributed by atoms with Crippen LogP contribution in [0.1, 0.15) is 0 Å². The average Bonchev–Trinajstić information content (AvgIpc) is 2.53. The van der Waals surface area contributed by atoms with Gasteiger partial charge in [0.2, 0.25) is 5.91 Å². The van der Waals surface area contributed by atoms with Crippen molar-refractivity contribution in [1.82, 2.24) is 0 Å². The maximum atomic E-state index is 12.0. The number of halogens is 1. The lowest BCUT2D eigenvalue weighted by molar-refractivity contribution is -0.114. The molecule has 5 nitrogen and oxygen atoms in total. The fourth-order valence-corrected chi connectivity index (χ4v) is 2.04. The molecule has 0 saturated carbocycles. The lowest BCUT2D eigenvalue weighted by Crippen LogP contribution is -2.22. The highest BCUT2D eigenvalue weighted by Crippen LogP contribution is 2.27. The Morgan fingerprint density at radius 1 is 1.09 bits per heavy atom. The molecular formula is C16H17ClN2O3. The molecule has 0 fully saturated rings. The quantitative estimate of drug-likeness (QED) is 0.856. The predicted octanol–water partition coefficient (Wildman–Crippen LogP) is 3.41. The van der Waals surface area contributed by atoms with Gasteiger partial charge in [0, 0.05) is 10.7 Å². The second-order valence-corrected chi connectivity index (χ2v) is 4.91. The number of carbonyl (C=O) groups is 1. The first-order valence-electron chi connectivity index (χ1n) is 6.63. The van der Waals surface area contributed by atoms with E-state index in [1.807, 2.05) is 24.3 Å². The van der Waals surface area contributed by atoms with Gasteiger partial charge in [-0.05, 0) is 42.5 Å². The Balaban J connectivity index is 1.94. The van der Waals surface area contributed by atoms with Crippen LogP contribution in [-0.4, -0.2) is 26.7 Å². The van der Waals surface area contributed by atoms with Crippen LogP contribution in [0.5, 0.6) is 11.5 Å². The molecule has 0 aliphatic rings. The van der Waals surface area contributed by atoms with Crippen molar-refractivity contribution in [3.8, 4) is 11.5 Å². The molecule has 0 bridgehead atoms. The average molecular weight is 321 g/mol. The van der Waals surface area contributed by atoms with Crippen LogP contribution in [0.4, 0.5) is 11.4 Å². The van der Waals surface area contributed by atoms with Crippen LogP contribution in [0.15, 0.2) is 42.5 Å². The number of hydrogen-bond acceptors (Lipinski definition) is 4. The Bertz CT molecular complexity index is 644. The van der Waals surface area contributed by atoms with E-state index in [4.69, 9.17) is 21.1 Å². The summed E-state index contributed by atoms with van der Waals surface area (Å²) >= 11 is 5.92. The predicted molar refractivity (Wildman–Crippen MR) is 88.1 cm³/mol. The van der Waals surface area contributed by atoms with E-state index < -0.39 is 0 Å². The summed E-state index contributed by atoms with van der Waals surface area (Å²) in [6, 6.07) is 12.4. The van der Waals surface area contributed by atoms with Crippen molar-refractivity contribution in [2.45, 2.75) is 0 Å². The summed E-state index contributed by atoms with van der Waals surface area (Å²) < 4.78 is 10.3. The minimum Gasteiger partial charge on any atom is -0.497 e. The Hall–Kier alpha value is -2.40. The molecule has 2 aromatic rings. The highest BCUT2D eigenvalue weighted by molar-refractivity contribution is 6.31. The SMILES string of the molecule is COc1ccc(NCC(=O)Nc2cc(Cl)ccc2OC)cc1. The number of rotatable bonds is 6. The third-order valence-corrected chi connectivity index (χ3v) is 3.21. The molecule has 0 aromatic heterocycles. The maximum Gasteiger partial charge on any atom is 0.243 e. The Kier molecular flexibility index (Phi) is 5.49. The zero-order chi connectivity index (χ0) is 15.9. The largest absolute Gasteiger partial charge is 0.497 e. The Labute approximate surface area is 134 Å². The van der Waals surface area contributed by atoms with Crippen LogP contribution in [-0.2, 0) is 4.79 Å². The van der Waals surface area contributed by atoms with Crippen LogP contribution in [0, 0.1) is 0 Å². The third-order valence-electron chi connectivity index (χ3n) is 2.98. The molecule has 0 saturated heterocycles. The minimum absolute atomic E-state index is 0.127. The lowest BCUT2D eigenvalue weighted by Gasteiger charge is -2.11. The fourth-order valence-electron chi connectivity index (χ4n) is 1.86. The van der Waals surface area contributed by atoms with Gasteiger partial charge in [0.1, 0.15) is 11.5 Å². The monoisotopic (exact) mass is 320 g/mol. The first-order valence-corrected chi connectivity index (χ1v) is 7.01. The number of methoxy groups -OCH3 is 2. The summed E-state index contributed by atoms with van der Waals surface area (Å²) in [7, 11) is 3.14. The molecule has 2 N–H and O–H groups in total. The molecule has 0 radical (unpaired) electrons. The van der Waals surface area contributed by atoms with Crippen LogP contribution < -0.4 is 20.1 Å². The summed E-state index contributed by atoms with van der Waals surface area (Å²) in [6.45, 7) is 0.127. The summed E-state index contributed by atoms with van der Waals surface area (Å²) in [6.07, 6.45) is 0. The second kappa shape index (κ2) is 7.56. The highest BCUT2D eigenvalue weighted by Gasteiger charge is 2.08. The summed E-state index contributed by atoms with van der Waals surface area (Å²) in [5, 5.41) is 6.31. The Morgan fingerprint density at radius 2 is 1.82 bits per heavy atom.